The van der Waals surface area contributed by atoms with E-state index in [0.29, 0.717) is 17.6 Å². The Labute approximate surface area is 176 Å². The van der Waals surface area contributed by atoms with Crippen molar-refractivity contribution in [3.05, 3.63) is 88.2 Å². The van der Waals surface area contributed by atoms with Crippen LogP contribution in [0.2, 0.25) is 0 Å². The molecule has 0 aliphatic carbocycles. The summed E-state index contributed by atoms with van der Waals surface area (Å²) in [5.41, 5.74) is 1.96. The summed E-state index contributed by atoms with van der Waals surface area (Å²) < 4.78 is 1.62. The first-order chi connectivity index (χ1) is 14.5. The molecular formula is C22H19N5O2S. The highest BCUT2D eigenvalue weighted by Crippen LogP contribution is 2.23. The van der Waals surface area contributed by atoms with Gasteiger partial charge in [-0.2, -0.15) is 0 Å². The molecule has 0 atom stereocenters. The molecule has 0 spiro atoms. The second-order valence-corrected chi connectivity index (χ2v) is 7.60. The Morgan fingerprint density at radius 2 is 2.10 bits per heavy atom. The fourth-order valence-corrected chi connectivity index (χ4v) is 3.71. The number of aromatic nitrogens is 4. The topological polar surface area (TPSA) is 84.1 Å². The Morgan fingerprint density at radius 3 is 2.87 bits per heavy atom. The zero-order valence-electron chi connectivity index (χ0n) is 16.3. The van der Waals surface area contributed by atoms with Gasteiger partial charge in [-0.25, -0.2) is 9.97 Å². The lowest BCUT2D eigenvalue weighted by Gasteiger charge is -2.11. The number of anilines is 1. The van der Waals surface area contributed by atoms with Crippen LogP contribution in [-0.4, -0.2) is 31.7 Å². The summed E-state index contributed by atoms with van der Waals surface area (Å²) in [6, 6.07) is 10.4. The zero-order valence-corrected chi connectivity index (χ0v) is 17.1. The third-order valence-electron chi connectivity index (χ3n) is 4.49. The molecule has 150 valence electrons. The molecule has 7 nitrogen and oxygen atoms in total. The number of pyridine rings is 1. The van der Waals surface area contributed by atoms with Crippen LogP contribution in [0.15, 0.2) is 66.4 Å². The van der Waals surface area contributed by atoms with E-state index in [1.165, 1.54) is 11.3 Å². The molecule has 0 saturated heterocycles. The second-order valence-electron chi connectivity index (χ2n) is 6.55. The molecule has 0 unspecified atom stereocenters. The van der Waals surface area contributed by atoms with Crippen molar-refractivity contribution in [3.8, 4) is 5.75 Å². The van der Waals surface area contributed by atoms with Crippen LogP contribution in [0.25, 0.3) is 23.2 Å². The van der Waals surface area contributed by atoms with Gasteiger partial charge in [-0.15, -0.1) is 0 Å². The van der Waals surface area contributed by atoms with Crippen LogP contribution in [0.4, 0.5) is 5.13 Å². The molecular weight excluding hydrogens is 398 g/mol. The van der Waals surface area contributed by atoms with Crippen molar-refractivity contribution in [2.24, 2.45) is 0 Å². The van der Waals surface area contributed by atoms with E-state index in [0.717, 1.165) is 15.7 Å². The number of phenols is 1. The van der Waals surface area contributed by atoms with Gasteiger partial charge in [0.2, 0.25) is 0 Å². The molecule has 0 amide bonds. The van der Waals surface area contributed by atoms with Gasteiger partial charge in [0.05, 0.1) is 23.3 Å². The molecule has 4 rings (SSSR count). The monoisotopic (exact) mass is 417 g/mol. The predicted octanol–water partition coefficient (Wildman–Crippen LogP) is 3.75. The van der Waals surface area contributed by atoms with Gasteiger partial charge in [-0.3, -0.25) is 14.3 Å². The SMILES string of the molecule is C=CN(C)c1ncc(/C=C/c2nc3cc(O)ccc3n(Cc3ccccn3)c2=O)s1. The number of phenolic OH excluding ortho intramolecular Hbond substituents is 1. The first-order valence-corrected chi connectivity index (χ1v) is 9.99. The van der Waals surface area contributed by atoms with Gasteiger partial charge in [-0.05, 0) is 42.6 Å². The molecule has 0 aliphatic rings. The summed E-state index contributed by atoms with van der Waals surface area (Å²) in [5, 5.41) is 10.7. The van der Waals surface area contributed by atoms with Gasteiger partial charge in [0.1, 0.15) is 11.4 Å². The summed E-state index contributed by atoms with van der Waals surface area (Å²) in [6.45, 7) is 4.03. The summed E-state index contributed by atoms with van der Waals surface area (Å²) in [6.07, 6.45) is 8.58. The number of thiazole rings is 1. The molecule has 1 aromatic carbocycles. The van der Waals surface area contributed by atoms with Crippen LogP contribution in [0.5, 0.6) is 5.75 Å². The van der Waals surface area contributed by atoms with E-state index in [2.05, 4.69) is 21.5 Å². The second kappa shape index (κ2) is 8.30. The van der Waals surface area contributed by atoms with Crippen LogP contribution < -0.4 is 10.5 Å². The van der Waals surface area contributed by atoms with E-state index in [4.69, 9.17) is 0 Å². The maximum atomic E-state index is 13.2. The number of fused-ring (bicyclic) bond motifs is 1. The predicted molar refractivity (Wildman–Crippen MR) is 121 cm³/mol. The molecule has 0 aliphatic heterocycles. The fourth-order valence-electron chi connectivity index (χ4n) is 2.93. The zero-order chi connectivity index (χ0) is 21.1. The van der Waals surface area contributed by atoms with E-state index in [1.54, 1.807) is 47.4 Å². The van der Waals surface area contributed by atoms with Gasteiger partial charge >= 0.3 is 0 Å². The van der Waals surface area contributed by atoms with Crippen LogP contribution in [0.3, 0.4) is 0 Å². The fraction of sp³-hybridized carbons (Fsp3) is 0.0909. The summed E-state index contributed by atoms with van der Waals surface area (Å²) in [5.74, 6) is 0.0903. The highest BCUT2D eigenvalue weighted by molar-refractivity contribution is 7.16. The van der Waals surface area contributed by atoms with Crippen molar-refractivity contribution in [1.82, 2.24) is 19.5 Å². The molecule has 30 heavy (non-hydrogen) atoms. The molecule has 4 aromatic rings. The maximum absolute atomic E-state index is 13.2. The molecule has 0 saturated carbocycles. The van der Waals surface area contributed by atoms with E-state index < -0.39 is 0 Å². The number of benzene rings is 1. The smallest absolute Gasteiger partial charge is 0.277 e. The van der Waals surface area contributed by atoms with E-state index in [9.17, 15) is 9.90 Å². The first kappa shape index (κ1) is 19.5. The summed E-state index contributed by atoms with van der Waals surface area (Å²) >= 11 is 1.47. The lowest BCUT2D eigenvalue weighted by molar-refractivity contribution is 0.476. The van der Waals surface area contributed by atoms with Crippen LogP contribution in [0.1, 0.15) is 16.3 Å². The van der Waals surface area contributed by atoms with Crippen LogP contribution in [0, 0.1) is 0 Å². The normalized spacial score (nSPS) is 11.2. The molecule has 0 bridgehead atoms. The molecule has 1 N–H and O–H groups in total. The number of aromatic hydroxyl groups is 1. The molecule has 0 fully saturated rings. The molecule has 3 aromatic heterocycles. The lowest BCUT2D eigenvalue weighted by Crippen LogP contribution is -2.25. The highest BCUT2D eigenvalue weighted by Gasteiger charge is 2.11. The van der Waals surface area contributed by atoms with Gasteiger partial charge in [0, 0.05) is 30.4 Å². The Balaban J connectivity index is 1.78. The number of nitrogens with zero attached hydrogens (tertiary/aromatic N) is 5. The van der Waals surface area contributed by atoms with Crippen LogP contribution in [-0.2, 0) is 6.54 Å². The minimum Gasteiger partial charge on any atom is -0.508 e. The Morgan fingerprint density at radius 1 is 1.23 bits per heavy atom. The summed E-state index contributed by atoms with van der Waals surface area (Å²) in [4.78, 5) is 29.0. The van der Waals surface area contributed by atoms with Crippen molar-refractivity contribution in [2.45, 2.75) is 6.54 Å². The quantitative estimate of drug-likeness (QED) is 0.514. The minimum absolute atomic E-state index is 0.0903. The Hall–Kier alpha value is -3.78. The summed E-state index contributed by atoms with van der Waals surface area (Å²) in [7, 11) is 1.87. The van der Waals surface area contributed by atoms with Gasteiger partial charge in [0.15, 0.2) is 5.13 Å². The molecule has 8 heteroatoms. The van der Waals surface area contributed by atoms with Gasteiger partial charge in [-0.1, -0.05) is 24.0 Å². The third-order valence-corrected chi connectivity index (χ3v) is 5.55. The average Bonchev–Trinajstić information content (AvgIpc) is 3.23. The lowest BCUT2D eigenvalue weighted by atomic mass is 10.2. The van der Waals surface area contributed by atoms with E-state index >= 15 is 0 Å². The third kappa shape index (κ3) is 3.99. The standard InChI is InChI=1S/C22H19N5O2S/c1-3-26(2)22-24-13-17(30-22)8-9-18-21(29)27(14-15-6-4-5-11-23-15)20-10-7-16(28)12-19(20)25-18/h3-13,28H,1,14H2,2H3/b9-8+. The average molecular weight is 417 g/mol. The number of rotatable bonds is 6. The van der Waals surface area contributed by atoms with Crippen molar-refractivity contribution in [1.29, 1.82) is 0 Å². The Kier molecular flexibility index (Phi) is 5.40. The van der Waals surface area contributed by atoms with Crippen molar-refractivity contribution >= 4 is 39.7 Å². The maximum Gasteiger partial charge on any atom is 0.277 e. The van der Waals surface area contributed by atoms with Crippen LogP contribution >= 0.6 is 11.3 Å². The van der Waals surface area contributed by atoms with E-state index in [-0.39, 0.29) is 17.0 Å². The van der Waals surface area contributed by atoms with Gasteiger partial charge in [0.25, 0.3) is 5.56 Å². The largest absolute Gasteiger partial charge is 0.508 e. The molecule has 0 radical (unpaired) electrons. The highest BCUT2D eigenvalue weighted by atomic mass is 32.1. The van der Waals surface area contributed by atoms with Crippen molar-refractivity contribution < 1.29 is 5.11 Å². The van der Waals surface area contributed by atoms with E-state index in [1.807, 2.05) is 36.2 Å². The van der Waals surface area contributed by atoms with Crippen molar-refractivity contribution in [3.63, 3.8) is 0 Å². The van der Waals surface area contributed by atoms with Gasteiger partial charge < -0.3 is 10.0 Å². The Bertz CT molecular complexity index is 1290. The number of hydrogen-bond acceptors (Lipinski definition) is 7. The van der Waals surface area contributed by atoms with Crippen molar-refractivity contribution in [2.75, 3.05) is 11.9 Å². The molecule has 3 heterocycles. The number of hydrogen-bond donors (Lipinski definition) is 1. The first-order valence-electron chi connectivity index (χ1n) is 9.18. The minimum atomic E-state index is -0.233.